The normalized spacial score (nSPS) is 10.2. The number of rotatable bonds is 4. The number of hydrogen-bond acceptors (Lipinski definition) is 3. The summed E-state index contributed by atoms with van der Waals surface area (Å²) in [6.07, 6.45) is 0. The Morgan fingerprint density at radius 1 is 1.10 bits per heavy atom. The highest BCUT2D eigenvalue weighted by Crippen LogP contribution is 2.31. The Labute approximate surface area is 123 Å². The summed E-state index contributed by atoms with van der Waals surface area (Å²) in [5.41, 5.74) is 3.13. The lowest BCUT2D eigenvalue weighted by atomic mass is 9.96. The lowest BCUT2D eigenvalue weighted by Crippen LogP contribution is -2.05. The largest absolute Gasteiger partial charge is 0.497 e. The van der Waals surface area contributed by atoms with Crippen molar-refractivity contribution in [2.45, 2.75) is 5.88 Å². The number of halogens is 1. The highest BCUT2D eigenvalue weighted by Gasteiger charge is 2.16. The molecule has 0 saturated heterocycles. The van der Waals surface area contributed by atoms with Crippen molar-refractivity contribution in [1.29, 1.82) is 0 Å². The van der Waals surface area contributed by atoms with Gasteiger partial charge in [-0.15, -0.1) is 11.6 Å². The molecule has 0 bridgehead atoms. The van der Waals surface area contributed by atoms with Crippen LogP contribution in [0.3, 0.4) is 0 Å². The highest BCUT2D eigenvalue weighted by molar-refractivity contribution is 6.17. The molecule has 0 N–H and O–H groups in total. The summed E-state index contributed by atoms with van der Waals surface area (Å²) in [7, 11) is 2.92. The van der Waals surface area contributed by atoms with Gasteiger partial charge in [-0.05, 0) is 34.9 Å². The van der Waals surface area contributed by atoms with Gasteiger partial charge in [0.15, 0.2) is 0 Å². The molecule has 0 amide bonds. The minimum absolute atomic E-state index is 0.378. The maximum Gasteiger partial charge on any atom is 0.338 e. The van der Waals surface area contributed by atoms with Crippen LogP contribution in [-0.4, -0.2) is 20.2 Å². The van der Waals surface area contributed by atoms with Crippen LogP contribution in [0, 0.1) is 0 Å². The number of ether oxygens (including phenoxy) is 2. The van der Waals surface area contributed by atoms with E-state index >= 15 is 0 Å². The fourth-order valence-electron chi connectivity index (χ4n) is 2.06. The summed E-state index contributed by atoms with van der Waals surface area (Å²) in [5.74, 6) is 0.587. The second-order valence-electron chi connectivity index (χ2n) is 4.19. The average molecular weight is 291 g/mol. The molecule has 0 saturated carbocycles. The minimum Gasteiger partial charge on any atom is -0.497 e. The van der Waals surface area contributed by atoms with Gasteiger partial charge in [0.25, 0.3) is 0 Å². The van der Waals surface area contributed by atoms with E-state index in [0.717, 1.165) is 16.7 Å². The number of methoxy groups -OCH3 is 2. The molecule has 0 heterocycles. The maximum absolute atomic E-state index is 12.0. The van der Waals surface area contributed by atoms with Gasteiger partial charge in [-0.3, -0.25) is 0 Å². The van der Waals surface area contributed by atoms with Crippen molar-refractivity contribution in [1.82, 2.24) is 0 Å². The Hall–Kier alpha value is -2.00. The zero-order valence-corrected chi connectivity index (χ0v) is 12.1. The second kappa shape index (κ2) is 6.44. The van der Waals surface area contributed by atoms with Crippen LogP contribution in [0.4, 0.5) is 0 Å². The van der Waals surface area contributed by atoms with E-state index in [4.69, 9.17) is 21.1 Å². The Balaban J connectivity index is 2.63. The van der Waals surface area contributed by atoms with Crippen LogP contribution in [0.5, 0.6) is 5.75 Å². The number of alkyl halides is 1. The third-order valence-corrected chi connectivity index (χ3v) is 3.37. The van der Waals surface area contributed by atoms with Crippen molar-refractivity contribution in [2.24, 2.45) is 0 Å². The summed E-state index contributed by atoms with van der Waals surface area (Å²) >= 11 is 5.97. The number of carbonyl (C=O) groups excluding carboxylic acids is 1. The zero-order valence-electron chi connectivity index (χ0n) is 11.4. The van der Waals surface area contributed by atoms with E-state index in [9.17, 15) is 4.79 Å². The molecule has 3 nitrogen and oxygen atoms in total. The van der Waals surface area contributed by atoms with Crippen molar-refractivity contribution in [3.63, 3.8) is 0 Å². The van der Waals surface area contributed by atoms with E-state index in [1.54, 1.807) is 13.2 Å². The first-order valence-electron chi connectivity index (χ1n) is 6.12. The Morgan fingerprint density at radius 3 is 2.50 bits per heavy atom. The fraction of sp³-hybridized carbons (Fsp3) is 0.188. The van der Waals surface area contributed by atoms with E-state index in [0.29, 0.717) is 17.2 Å². The first-order valence-corrected chi connectivity index (χ1v) is 6.65. The topological polar surface area (TPSA) is 35.5 Å². The molecule has 2 aromatic rings. The fourth-order valence-corrected chi connectivity index (χ4v) is 2.30. The van der Waals surface area contributed by atoms with Crippen LogP contribution in [0.1, 0.15) is 15.9 Å². The van der Waals surface area contributed by atoms with Gasteiger partial charge in [0.05, 0.1) is 19.8 Å². The summed E-state index contributed by atoms with van der Waals surface area (Å²) in [4.78, 5) is 12.0. The predicted molar refractivity (Wildman–Crippen MR) is 79.3 cm³/mol. The van der Waals surface area contributed by atoms with Gasteiger partial charge >= 0.3 is 5.97 Å². The van der Waals surface area contributed by atoms with Crippen LogP contribution in [-0.2, 0) is 10.6 Å². The van der Waals surface area contributed by atoms with Crippen LogP contribution >= 0.6 is 11.6 Å². The van der Waals surface area contributed by atoms with Gasteiger partial charge in [-0.2, -0.15) is 0 Å². The number of carbonyl (C=O) groups is 1. The van der Waals surface area contributed by atoms with Gasteiger partial charge in [0.1, 0.15) is 5.75 Å². The standard InChI is InChI=1S/C16H15ClO3/c1-19-12-7-8-14(15(9-12)16(18)20-2)13-6-4-3-5-11(13)10-17/h3-9H,10H2,1-2H3. The molecule has 0 aliphatic rings. The van der Waals surface area contributed by atoms with Crippen molar-refractivity contribution in [2.75, 3.05) is 14.2 Å². The van der Waals surface area contributed by atoms with Crippen molar-refractivity contribution in [3.05, 3.63) is 53.6 Å². The van der Waals surface area contributed by atoms with E-state index in [1.165, 1.54) is 7.11 Å². The molecule has 0 aromatic heterocycles. The summed E-state index contributed by atoms with van der Waals surface area (Å²) in [6.45, 7) is 0. The Bertz CT molecular complexity index is 623. The third-order valence-electron chi connectivity index (χ3n) is 3.08. The quantitative estimate of drug-likeness (QED) is 0.633. The molecule has 2 aromatic carbocycles. The molecule has 0 spiro atoms. The predicted octanol–water partition coefficient (Wildman–Crippen LogP) is 3.89. The minimum atomic E-state index is -0.400. The van der Waals surface area contributed by atoms with E-state index in [-0.39, 0.29) is 0 Å². The van der Waals surface area contributed by atoms with Crippen molar-refractivity contribution >= 4 is 17.6 Å². The summed E-state index contributed by atoms with van der Waals surface area (Å²) in [6, 6.07) is 13.0. The number of benzene rings is 2. The summed E-state index contributed by atoms with van der Waals surface area (Å²) in [5, 5.41) is 0. The van der Waals surface area contributed by atoms with Crippen LogP contribution in [0.15, 0.2) is 42.5 Å². The third kappa shape index (κ3) is 2.78. The van der Waals surface area contributed by atoms with Gasteiger partial charge in [0.2, 0.25) is 0 Å². The van der Waals surface area contributed by atoms with Gasteiger partial charge in [-0.1, -0.05) is 24.3 Å². The molecule has 2 rings (SSSR count). The Kier molecular flexibility index (Phi) is 4.64. The molecule has 20 heavy (non-hydrogen) atoms. The molecule has 4 heteroatoms. The average Bonchev–Trinajstić information content (AvgIpc) is 2.53. The van der Waals surface area contributed by atoms with Crippen LogP contribution < -0.4 is 4.74 Å². The molecule has 0 aliphatic carbocycles. The maximum atomic E-state index is 12.0. The molecule has 0 radical (unpaired) electrons. The molecular formula is C16H15ClO3. The number of hydrogen-bond donors (Lipinski definition) is 0. The molecular weight excluding hydrogens is 276 g/mol. The summed E-state index contributed by atoms with van der Waals surface area (Å²) < 4.78 is 10.0. The lowest BCUT2D eigenvalue weighted by Gasteiger charge is -2.12. The second-order valence-corrected chi connectivity index (χ2v) is 4.46. The molecule has 0 unspecified atom stereocenters. The van der Waals surface area contributed by atoms with E-state index in [2.05, 4.69) is 0 Å². The van der Waals surface area contributed by atoms with Crippen molar-refractivity contribution in [3.8, 4) is 16.9 Å². The highest BCUT2D eigenvalue weighted by atomic mass is 35.5. The van der Waals surface area contributed by atoms with Crippen molar-refractivity contribution < 1.29 is 14.3 Å². The lowest BCUT2D eigenvalue weighted by molar-refractivity contribution is 0.0601. The van der Waals surface area contributed by atoms with Gasteiger partial charge < -0.3 is 9.47 Å². The SMILES string of the molecule is COC(=O)c1cc(OC)ccc1-c1ccccc1CCl. The zero-order chi connectivity index (χ0) is 14.5. The van der Waals surface area contributed by atoms with E-state index < -0.39 is 5.97 Å². The van der Waals surface area contributed by atoms with Gasteiger partial charge in [-0.25, -0.2) is 4.79 Å². The smallest absolute Gasteiger partial charge is 0.338 e. The monoisotopic (exact) mass is 290 g/mol. The molecule has 0 atom stereocenters. The van der Waals surface area contributed by atoms with E-state index in [1.807, 2.05) is 36.4 Å². The first kappa shape index (κ1) is 14.4. The molecule has 0 fully saturated rings. The van der Waals surface area contributed by atoms with Crippen LogP contribution in [0.25, 0.3) is 11.1 Å². The molecule has 104 valence electrons. The molecule has 0 aliphatic heterocycles. The number of esters is 1. The van der Waals surface area contributed by atoms with Crippen LogP contribution in [0.2, 0.25) is 0 Å². The van der Waals surface area contributed by atoms with Gasteiger partial charge in [0, 0.05) is 5.88 Å². The first-order chi connectivity index (χ1) is 9.71. The Morgan fingerprint density at radius 2 is 1.85 bits per heavy atom.